The van der Waals surface area contributed by atoms with Crippen LogP contribution in [0, 0.1) is 0 Å². The SMILES string of the molecule is [Cl-].[Cl-].[Cl-].[Cl-].[Cl-].[Cl-].[Cl-].[Cl-].[Cl-].[Ti+4].[V+5]. The van der Waals surface area contributed by atoms with Crippen LogP contribution < -0.4 is 112 Å². The van der Waals surface area contributed by atoms with E-state index in [0.717, 1.165) is 0 Å². The van der Waals surface area contributed by atoms with Gasteiger partial charge in [0.25, 0.3) is 0 Å². The quantitative estimate of drug-likeness (QED) is 0.343. The predicted octanol–water partition coefficient (Wildman–Crippen LogP) is -27.0. The first-order chi connectivity index (χ1) is 0. The van der Waals surface area contributed by atoms with Crippen LogP contribution in [0.25, 0.3) is 0 Å². The zero-order valence-corrected chi connectivity index (χ0v) is 14.1. The van der Waals surface area contributed by atoms with Crippen molar-refractivity contribution in [2.24, 2.45) is 0 Å². The van der Waals surface area contributed by atoms with Crippen LogP contribution in [0.1, 0.15) is 0 Å². The summed E-state index contributed by atoms with van der Waals surface area (Å²) in [6, 6.07) is 0. The second-order valence-electron chi connectivity index (χ2n) is 0. The zero-order valence-electron chi connectivity index (χ0n) is 4.35. The molecule has 0 heterocycles. The van der Waals surface area contributed by atoms with Gasteiger partial charge in [-0.05, 0) is 0 Å². The predicted molar refractivity (Wildman–Crippen MR) is 0 cm³/mol. The van der Waals surface area contributed by atoms with E-state index in [2.05, 4.69) is 0 Å². The molecule has 0 N–H and O–H groups in total. The Balaban J connectivity index is 0. The van der Waals surface area contributed by atoms with E-state index in [0.29, 0.717) is 0 Å². The maximum absolute atomic E-state index is 0. The maximum atomic E-state index is 0. The summed E-state index contributed by atoms with van der Waals surface area (Å²) in [5.41, 5.74) is 0. The average Bonchev–Trinajstić information content (AvgIpc) is 0. The molecule has 0 aromatic rings. The first kappa shape index (κ1) is 189. The number of rotatable bonds is 0. The Hall–Kier alpha value is 3.91. The fourth-order valence-corrected chi connectivity index (χ4v) is 0. The number of hydrogen-bond acceptors (Lipinski definition) is 0. The van der Waals surface area contributed by atoms with E-state index in [1.54, 1.807) is 0 Å². The van der Waals surface area contributed by atoms with Gasteiger partial charge in [-0.1, -0.05) is 0 Å². The summed E-state index contributed by atoms with van der Waals surface area (Å²) >= 11 is 0. The first-order valence-electron chi connectivity index (χ1n) is 0. The standard InChI is InChI=1S/9ClH.Ti.V/h9*1H;;/q;;;;;;;;;+4;+5/p-9. The largest absolute Gasteiger partial charge is 5.00 e. The van der Waals surface area contributed by atoms with Crippen molar-refractivity contribution in [2.45, 2.75) is 0 Å². The molecule has 0 fully saturated rings. The summed E-state index contributed by atoms with van der Waals surface area (Å²) in [6.07, 6.45) is 0. The third kappa shape index (κ3) is 129. The molecule has 0 rings (SSSR count). The van der Waals surface area contributed by atoms with Crippen molar-refractivity contribution in [1.82, 2.24) is 0 Å². The maximum Gasteiger partial charge on any atom is 5.00 e. The summed E-state index contributed by atoms with van der Waals surface area (Å²) in [7, 11) is 0. The summed E-state index contributed by atoms with van der Waals surface area (Å²) in [5.74, 6) is 0. The molecule has 11 heavy (non-hydrogen) atoms. The molecule has 0 bridgehead atoms. The van der Waals surface area contributed by atoms with E-state index in [4.69, 9.17) is 0 Å². The third-order valence-electron chi connectivity index (χ3n) is 0. The molecule has 0 saturated carbocycles. The molecule has 0 aliphatic carbocycles. The smallest absolute Gasteiger partial charge is 1.00 e. The van der Waals surface area contributed by atoms with Gasteiger partial charge >= 0.3 is 40.3 Å². The molecule has 0 radical (unpaired) electrons. The Labute approximate surface area is 150 Å². The summed E-state index contributed by atoms with van der Waals surface area (Å²) in [6.45, 7) is 0. The van der Waals surface area contributed by atoms with E-state index in [1.165, 1.54) is 0 Å². The molecule has 0 atom stereocenters. The second kappa shape index (κ2) is 152. The molecule has 0 spiro atoms. The first-order valence-corrected chi connectivity index (χ1v) is 0. The fraction of sp³-hybridized carbons (Fsp3) is 0. The summed E-state index contributed by atoms with van der Waals surface area (Å²) in [5, 5.41) is 0. The van der Waals surface area contributed by atoms with Gasteiger partial charge in [-0.2, -0.15) is 0 Å². The summed E-state index contributed by atoms with van der Waals surface area (Å²) in [4.78, 5) is 0. The van der Waals surface area contributed by atoms with Gasteiger partial charge in [0.1, 0.15) is 0 Å². The van der Waals surface area contributed by atoms with Crippen LogP contribution in [-0.4, -0.2) is 0 Å². The zero-order chi connectivity index (χ0) is 0. The van der Waals surface area contributed by atoms with Crippen molar-refractivity contribution in [2.75, 3.05) is 0 Å². The van der Waals surface area contributed by atoms with Crippen LogP contribution in [-0.2, 0) is 40.3 Å². The van der Waals surface area contributed by atoms with Crippen LogP contribution in [0.3, 0.4) is 0 Å². The van der Waals surface area contributed by atoms with Crippen molar-refractivity contribution in [3.8, 4) is 0 Å². The van der Waals surface area contributed by atoms with E-state index >= 15 is 0 Å². The van der Waals surface area contributed by atoms with E-state index in [9.17, 15) is 0 Å². The second-order valence-corrected chi connectivity index (χ2v) is 0. The fourth-order valence-electron chi connectivity index (χ4n) is 0. The topological polar surface area (TPSA) is 0 Å². The van der Waals surface area contributed by atoms with E-state index < -0.39 is 0 Å². The van der Waals surface area contributed by atoms with Crippen molar-refractivity contribution in [3.05, 3.63) is 0 Å². The molecular formula is Cl9TiV. The van der Waals surface area contributed by atoms with Gasteiger partial charge in [-0.15, -0.1) is 0 Å². The van der Waals surface area contributed by atoms with E-state index in [1.807, 2.05) is 0 Å². The van der Waals surface area contributed by atoms with Crippen LogP contribution in [0.15, 0.2) is 0 Å². The molecule has 11 heteroatoms. The Morgan fingerprint density at radius 1 is 0.273 bits per heavy atom. The third-order valence-corrected chi connectivity index (χ3v) is 0. The van der Waals surface area contributed by atoms with Crippen molar-refractivity contribution < 1.29 is 152 Å². The van der Waals surface area contributed by atoms with Gasteiger partial charge < -0.3 is 112 Å². The van der Waals surface area contributed by atoms with Crippen molar-refractivity contribution >= 4 is 0 Å². The van der Waals surface area contributed by atoms with Crippen LogP contribution in [0.4, 0.5) is 0 Å². The number of hydrogen-bond donors (Lipinski definition) is 0. The summed E-state index contributed by atoms with van der Waals surface area (Å²) < 4.78 is 0. The molecule has 0 amide bonds. The Bertz CT molecular complexity index is 9.52. The normalized spacial score (nSPS) is 0. The molecule has 0 nitrogen and oxygen atoms in total. The minimum absolute atomic E-state index is 0. The van der Waals surface area contributed by atoms with Gasteiger partial charge in [0.05, 0.1) is 0 Å². The van der Waals surface area contributed by atoms with Crippen molar-refractivity contribution in [3.63, 3.8) is 0 Å². The molecule has 0 aliphatic rings. The Morgan fingerprint density at radius 2 is 0.273 bits per heavy atom. The molecule has 72 valence electrons. The Kier molecular flexibility index (Phi) is 2600. The molecule has 0 aromatic heterocycles. The minimum atomic E-state index is 0. The molecule has 0 aliphatic heterocycles. The Morgan fingerprint density at radius 3 is 0.273 bits per heavy atom. The van der Waals surface area contributed by atoms with Gasteiger partial charge in [0.2, 0.25) is 0 Å². The van der Waals surface area contributed by atoms with Crippen LogP contribution in [0.5, 0.6) is 0 Å². The molecular weight excluding hydrogens is 418 g/mol. The molecule has 0 aromatic carbocycles. The van der Waals surface area contributed by atoms with E-state index in [-0.39, 0.29) is 152 Å². The van der Waals surface area contributed by atoms with Gasteiger partial charge in [-0.25, -0.2) is 0 Å². The average molecular weight is 418 g/mol. The monoisotopic (exact) mass is 414 g/mol. The molecule has 0 unspecified atom stereocenters. The van der Waals surface area contributed by atoms with Gasteiger partial charge in [0, 0.05) is 0 Å². The number of halogens is 9. The van der Waals surface area contributed by atoms with Gasteiger partial charge in [0.15, 0.2) is 0 Å². The van der Waals surface area contributed by atoms with Crippen LogP contribution in [0.2, 0.25) is 0 Å². The van der Waals surface area contributed by atoms with Crippen molar-refractivity contribution in [1.29, 1.82) is 0 Å². The minimum Gasteiger partial charge on any atom is -1.00 e. The molecule has 0 saturated heterocycles. The van der Waals surface area contributed by atoms with Gasteiger partial charge in [-0.3, -0.25) is 0 Å². The van der Waals surface area contributed by atoms with Crippen LogP contribution >= 0.6 is 0 Å².